The molecule has 24 heavy (non-hydrogen) atoms. The molecule has 0 aromatic carbocycles. The molecule has 2 nitrogen and oxygen atoms in total. The molecule has 1 amide bonds. The number of nitrogens with zero attached hydrogens (tertiary/aromatic N) is 1. The molecule has 2 unspecified atom stereocenters. The van der Waals surface area contributed by atoms with E-state index in [1.807, 2.05) is 0 Å². The predicted molar refractivity (Wildman–Crippen MR) is 105 cm³/mol. The van der Waals surface area contributed by atoms with Crippen LogP contribution in [0, 0.1) is 29.6 Å². The second-order valence-corrected chi connectivity index (χ2v) is 9.63. The minimum Gasteiger partial charge on any atom is -0.337 e. The molecule has 1 heterocycles. The van der Waals surface area contributed by atoms with E-state index in [-0.39, 0.29) is 5.54 Å². The Morgan fingerprint density at radius 2 is 1.46 bits per heavy atom. The van der Waals surface area contributed by atoms with Gasteiger partial charge >= 0.3 is 0 Å². The Labute approximate surface area is 151 Å². The number of hydrogen-bond acceptors (Lipinski definition) is 1. The summed E-state index contributed by atoms with van der Waals surface area (Å²) in [6, 6.07) is 0. The fraction of sp³-hybridized carbons (Fsp3) is 0.955. The van der Waals surface area contributed by atoms with Crippen molar-refractivity contribution in [3.8, 4) is 0 Å². The molecule has 0 radical (unpaired) electrons. The molecule has 0 saturated carbocycles. The van der Waals surface area contributed by atoms with Gasteiger partial charge in [-0.15, -0.1) is 0 Å². The maximum atomic E-state index is 13.0. The van der Waals surface area contributed by atoms with Crippen LogP contribution in [-0.4, -0.2) is 22.9 Å². The van der Waals surface area contributed by atoms with Gasteiger partial charge in [0.1, 0.15) is 0 Å². The molecular weight excluding hydrogens is 294 g/mol. The van der Waals surface area contributed by atoms with Gasteiger partial charge in [-0.1, -0.05) is 54.4 Å². The van der Waals surface area contributed by atoms with Crippen molar-refractivity contribution in [2.75, 3.05) is 6.54 Å². The van der Waals surface area contributed by atoms with Crippen molar-refractivity contribution in [3.05, 3.63) is 0 Å². The lowest BCUT2D eigenvalue weighted by atomic mass is 9.77. The lowest BCUT2D eigenvalue weighted by Crippen LogP contribution is -2.51. The van der Waals surface area contributed by atoms with Gasteiger partial charge in [-0.3, -0.25) is 4.79 Å². The zero-order valence-electron chi connectivity index (χ0n) is 17.7. The van der Waals surface area contributed by atoms with Crippen LogP contribution in [0.3, 0.4) is 0 Å². The van der Waals surface area contributed by atoms with E-state index in [2.05, 4.69) is 60.3 Å². The molecule has 0 aromatic heterocycles. The Hall–Kier alpha value is -0.530. The predicted octanol–water partition coefficient (Wildman–Crippen LogP) is 6.15. The van der Waals surface area contributed by atoms with Crippen LogP contribution in [-0.2, 0) is 4.79 Å². The van der Waals surface area contributed by atoms with Gasteiger partial charge in [0.2, 0.25) is 5.91 Å². The summed E-state index contributed by atoms with van der Waals surface area (Å²) >= 11 is 0. The first kappa shape index (κ1) is 21.5. The molecule has 142 valence electrons. The first-order valence-corrected chi connectivity index (χ1v) is 10.4. The topological polar surface area (TPSA) is 20.3 Å². The molecule has 1 rings (SSSR count). The first-order chi connectivity index (χ1) is 11.1. The molecule has 1 saturated heterocycles. The van der Waals surface area contributed by atoms with E-state index in [9.17, 15) is 4.79 Å². The number of amides is 1. The van der Waals surface area contributed by atoms with Crippen molar-refractivity contribution in [2.24, 2.45) is 29.6 Å². The van der Waals surface area contributed by atoms with Gasteiger partial charge in [-0.05, 0) is 62.7 Å². The summed E-state index contributed by atoms with van der Waals surface area (Å²) in [6.45, 7) is 19.3. The molecular formula is C22H43NO. The fourth-order valence-electron chi connectivity index (χ4n) is 4.00. The Morgan fingerprint density at radius 1 is 0.917 bits per heavy atom. The Morgan fingerprint density at radius 3 is 1.96 bits per heavy atom. The van der Waals surface area contributed by atoms with E-state index < -0.39 is 0 Å². The van der Waals surface area contributed by atoms with Crippen LogP contribution in [0.15, 0.2) is 0 Å². The number of carbonyl (C=O) groups is 1. The van der Waals surface area contributed by atoms with E-state index >= 15 is 0 Å². The van der Waals surface area contributed by atoms with Gasteiger partial charge in [0.15, 0.2) is 0 Å². The zero-order chi connectivity index (χ0) is 18.5. The summed E-state index contributed by atoms with van der Waals surface area (Å²) in [4.78, 5) is 15.2. The molecule has 0 aromatic rings. The third-order valence-corrected chi connectivity index (χ3v) is 6.84. The SMILES string of the molecule is CC(C)C1CCCCN(C(C)(C)C(C)C)C(=O)CCC(C(C)C)C1. The van der Waals surface area contributed by atoms with Gasteiger partial charge in [0.25, 0.3) is 0 Å². The van der Waals surface area contributed by atoms with Crippen molar-refractivity contribution < 1.29 is 4.79 Å². The van der Waals surface area contributed by atoms with Crippen LogP contribution in [0.25, 0.3) is 0 Å². The molecule has 1 aliphatic heterocycles. The van der Waals surface area contributed by atoms with Crippen molar-refractivity contribution in [2.45, 2.75) is 99.5 Å². The highest BCUT2D eigenvalue weighted by molar-refractivity contribution is 5.77. The number of rotatable bonds is 4. The maximum Gasteiger partial charge on any atom is 0.223 e. The fourth-order valence-corrected chi connectivity index (χ4v) is 4.00. The lowest BCUT2D eigenvalue weighted by Gasteiger charge is -2.42. The lowest BCUT2D eigenvalue weighted by molar-refractivity contribution is -0.138. The van der Waals surface area contributed by atoms with Crippen LogP contribution in [0.1, 0.15) is 93.9 Å². The first-order valence-electron chi connectivity index (χ1n) is 10.4. The Bertz CT molecular complexity index is 383. The van der Waals surface area contributed by atoms with E-state index in [1.54, 1.807) is 0 Å². The van der Waals surface area contributed by atoms with Crippen molar-refractivity contribution in [3.63, 3.8) is 0 Å². The summed E-state index contributed by atoms with van der Waals surface area (Å²) in [5.74, 6) is 3.79. The molecule has 1 aliphatic rings. The van der Waals surface area contributed by atoms with Crippen LogP contribution in [0.4, 0.5) is 0 Å². The second kappa shape index (κ2) is 9.25. The summed E-state index contributed by atoms with van der Waals surface area (Å²) in [7, 11) is 0. The van der Waals surface area contributed by atoms with Gasteiger partial charge in [-0.2, -0.15) is 0 Å². The van der Waals surface area contributed by atoms with E-state index in [0.717, 1.165) is 37.6 Å². The average Bonchev–Trinajstić information content (AvgIpc) is 2.50. The van der Waals surface area contributed by atoms with Crippen molar-refractivity contribution >= 4 is 5.91 Å². The highest BCUT2D eigenvalue weighted by Crippen LogP contribution is 2.34. The highest BCUT2D eigenvalue weighted by Gasteiger charge is 2.34. The van der Waals surface area contributed by atoms with Crippen LogP contribution in [0.2, 0.25) is 0 Å². The minimum atomic E-state index is -0.0457. The van der Waals surface area contributed by atoms with Gasteiger partial charge in [0.05, 0.1) is 0 Å². The molecule has 0 aliphatic carbocycles. The largest absolute Gasteiger partial charge is 0.337 e. The Kier molecular flexibility index (Phi) is 8.29. The standard InChI is InChI=1S/C22H43NO/c1-16(2)19-11-9-10-14-23(22(7,8)18(5)6)21(24)13-12-20(15-19)17(3)4/h16-20H,9-15H2,1-8H3. The normalized spacial score (nSPS) is 25.5. The summed E-state index contributed by atoms with van der Waals surface area (Å²) in [5, 5.41) is 0. The zero-order valence-corrected chi connectivity index (χ0v) is 17.7. The smallest absolute Gasteiger partial charge is 0.223 e. The molecule has 0 bridgehead atoms. The molecule has 0 N–H and O–H groups in total. The second-order valence-electron chi connectivity index (χ2n) is 9.63. The number of hydrogen-bond donors (Lipinski definition) is 0. The van der Waals surface area contributed by atoms with Gasteiger partial charge in [0, 0.05) is 18.5 Å². The van der Waals surface area contributed by atoms with Crippen LogP contribution in [0.5, 0.6) is 0 Å². The van der Waals surface area contributed by atoms with E-state index in [4.69, 9.17) is 0 Å². The Balaban J connectivity index is 2.95. The van der Waals surface area contributed by atoms with Crippen LogP contribution >= 0.6 is 0 Å². The monoisotopic (exact) mass is 337 g/mol. The summed E-state index contributed by atoms with van der Waals surface area (Å²) in [6.07, 6.45) is 6.82. The third-order valence-electron chi connectivity index (χ3n) is 6.84. The molecule has 2 heteroatoms. The van der Waals surface area contributed by atoms with Crippen molar-refractivity contribution in [1.82, 2.24) is 4.90 Å². The molecule has 2 atom stereocenters. The van der Waals surface area contributed by atoms with Crippen molar-refractivity contribution in [1.29, 1.82) is 0 Å². The van der Waals surface area contributed by atoms with Gasteiger partial charge in [-0.25, -0.2) is 0 Å². The summed E-state index contributed by atoms with van der Waals surface area (Å²) in [5.41, 5.74) is -0.0457. The van der Waals surface area contributed by atoms with Gasteiger partial charge < -0.3 is 4.90 Å². The quantitative estimate of drug-likeness (QED) is 0.602. The molecule has 0 spiro atoms. The number of carbonyl (C=O) groups excluding carboxylic acids is 1. The van der Waals surface area contributed by atoms with Crippen LogP contribution < -0.4 is 0 Å². The third kappa shape index (κ3) is 5.77. The molecule has 1 fully saturated rings. The average molecular weight is 338 g/mol. The highest BCUT2D eigenvalue weighted by atomic mass is 16.2. The maximum absolute atomic E-state index is 13.0. The van der Waals surface area contributed by atoms with E-state index in [0.29, 0.717) is 23.7 Å². The van der Waals surface area contributed by atoms with E-state index in [1.165, 1.54) is 19.3 Å². The minimum absolute atomic E-state index is 0.0457. The summed E-state index contributed by atoms with van der Waals surface area (Å²) < 4.78 is 0.